The Hall–Kier alpha value is -2.58. The second kappa shape index (κ2) is 7.81. The zero-order valence-electron chi connectivity index (χ0n) is 15.7. The van der Waals surface area contributed by atoms with Gasteiger partial charge in [0.05, 0.1) is 7.11 Å². The van der Waals surface area contributed by atoms with Crippen LogP contribution in [0.1, 0.15) is 18.4 Å². The van der Waals surface area contributed by atoms with Crippen LogP contribution in [0.5, 0.6) is 5.75 Å². The van der Waals surface area contributed by atoms with Crippen LogP contribution in [0, 0.1) is 0 Å². The fourth-order valence-corrected chi connectivity index (χ4v) is 4.81. The number of piperidine rings is 1. The van der Waals surface area contributed by atoms with E-state index in [0.29, 0.717) is 19.1 Å². The highest BCUT2D eigenvalue weighted by Gasteiger charge is 2.22. The third-order valence-corrected chi connectivity index (χ3v) is 6.37. The topological polar surface area (TPSA) is 94.7 Å². The van der Waals surface area contributed by atoms with E-state index in [2.05, 4.69) is 10.3 Å². The molecular weight excluding hydrogens is 378 g/mol. The lowest BCUT2D eigenvalue weighted by Gasteiger charge is -2.30. The summed E-state index contributed by atoms with van der Waals surface area (Å²) in [5.74, 6) is 0.814. The molecule has 3 heterocycles. The van der Waals surface area contributed by atoms with Crippen molar-refractivity contribution in [3.63, 3.8) is 0 Å². The number of hydrogen-bond donors (Lipinski definition) is 3. The van der Waals surface area contributed by atoms with Gasteiger partial charge in [0.25, 0.3) is 5.56 Å². The minimum absolute atomic E-state index is 0.0584. The number of likely N-dealkylation sites (tertiary alicyclic amines) is 1. The maximum atomic E-state index is 12.3. The predicted octanol–water partition coefficient (Wildman–Crippen LogP) is 3.03. The number of pyridine rings is 1. The highest BCUT2D eigenvalue weighted by Crippen LogP contribution is 2.33. The van der Waals surface area contributed by atoms with E-state index in [1.165, 1.54) is 16.2 Å². The Labute approximate surface area is 165 Å². The average Bonchev–Trinajstić information content (AvgIpc) is 3.19. The molecule has 0 spiro atoms. The molecule has 3 aromatic rings. The Bertz CT molecular complexity index is 1070. The highest BCUT2D eigenvalue weighted by atomic mass is 32.1. The number of aromatic amines is 1. The molecule has 7 nitrogen and oxygen atoms in total. The second-order valence-corrected chi connectivity index (χ2v) is 7.95. The first-order valence-electron chi connectivity index (χ1n) is 9.39. The summed E-state index contributed by atoms with van der Waals surface area (Å²) in [6, 6.07) is 6.11. The monoisotopic (exact) mass is 401 g/mol. The zero-order valence-corrected chi connectivity index (χ0v) is 16.5. The van der Waals surface area contributed by atoms with Gasteiger partial charge in [-0.1, -0.05) is 0 Å². The summed E-state index contributed by atoms with van der Waals surface area (Å²) in [5, 5.41) is 16.6. The first kappa shape index (κ1) is 18.8. The zero-order chi connectivity index (χ0) is 19.7. The standard InChI is InChI=1S/C20H23N3O4S/c1-27-16-3-2-15-17(14-7-11-28-18(14)19(24)22-15)13(16)4-8-21-12-5-9-23(10-6-12)20(25)26/h2-3,7,11-12,21H,4-6,8-10H2,1H3,(H,22,24)(H,25,26). The number of nitrogens with zero attached hydrogens (tertiary/aromatic N) is 1. The molecule has 148 valence electrons. The summed E-state index contributed by atoms with van der Waals surface area (Å²) in [4.78, 5) is 27.8. The van der Waals surface area contributed by atoms with Crippen molar-refractivity contribution in [1.29, 1.82) is 0 Å². The van der Waals surface area contributed by atoms with E-state index in [4.69, 9.17) is 9.84 Å². The van der Waals surface area contributed by atoms with Gasteiger partial charge in [-0.2, -0.15) is 0 Å². The van der Waals surface area contributed by atoms with E-state index >= 15 is 0 Å². The molecule has 8 heteroatoms. The number of carbonyl (C=O) groups is 1. The van der Waals surface area contributed by atoms with Crippen molar-refractivity contribution in [3.8, 4) is 5.75 Å². The van der Waals surface area contributed by atoms with Crippen LogP contribution in [0.15, 0.2) is 28.4 Å². The number of aromatic nitrogens is 1. The Morgan fingerprint density at radius 2 is 2.14 bits per heavy atom. The number of thiophene rings is 1. The number of benzene rings is 1. The molecule has 3 N–H and O–H groups in total. The number of methoxy groups -OCH3 is 1. The third-order valence-electron chi connectivity index (χ3n) is 5.45. The van der Waals surface area contributed by atoms with E-state index in [-0.39, 0.29) is 5.56 Å². The van der Waals surface area contributed by atoms with Gasteiger partial charge >= 0.3 is 6.09 Å². The number of rotatable bonds is 5. The largest absolute Gasteiger partial charge is 0.496 e. The Morgan fingerprint density at radius 3 is 2.86 bits per heavy atom. The summed E-state index contributed by atoms with van der Waals surface area (Å²) in [5.41, 5.74) is 1.84. The molecule has 0 saturated carbocycles. The molecule has 0 unspecified atom stereocenters. The van der Waals surface area contributed by atoms with E-state index in [1.54, 1.807) is 7.11 Å². The second-order valence-electron chi connectivity index (χ2n) is 7.03. The molecule has 0 aliphatic carbocycles. The molecule has 1 fully saturated rings. The van der Waals surface area contributed by atoms with Crippen LogP contribution in [0.3, 0.4) is 0 Å². The van der Waals surface area contributed by atoms with Crippen molar-refractivity contribution in [2.45, 2.75) is 25.3 Å². The lowest BCUT2D eigenvalue weighted by atomic mass is 10.0. The number of H-pyrrole nitrogens is 1. The molecule has 1 saturated heterocycles. The molecule has 2 aromatic heterocycles. The van der Waals surface area contributed by atoms with Crippen LogP contribution in [0.2, 0.25) is 0 Å². The van der Waals surface area contributed by atoms with Crippen LogP contribution in [0.4, 0.5) is 4.79 Å². The van der Waals surface area contributed by atoms with Gasteiger partial charge < -0.3 is 25.0 Å². The van der Waals surface area contributed by atoms with E-state index in [0.717, 1.165) is 58.1 Å². The maximum absolute atomic E-state index is 12.3. The quantitative estimate of drug-likeness (QED) is 0.611. The van der Waals surface area contributed by atoms with Gasteiger partial charge in [-0.25, -0.2) is 4.79 Å². The average molecular weight is 401 g/mol. The molecule has 0 atom stereocenters. The number of fused-ring (bicyclic) bond motifs is 3. The van der Waals surface area contributed by atoms with Crippen molar-refractivity contribution in [2.24, 2.45) is 0 Å². The SMILES string of the molecule is COc1ccc2[nH]c(=O)c3sccc3c2c1CCNC1CCN(C(=O)O)CC1. The molecule has 1 amide bonds. The van der Waals surface area contributed by atoms with Crippen LogP contribution >= 0.6 is 11.3 Å². The van der Waals surface area contributed by atoms with Crippen molar-refractivity contribution in [1.82, 2.24) is 15.2 Å². The Kier molecular flexibility index (Phi) is 5.23. The van der Waals surface area contributed by atoms with Gasteiger partial charge in [0, 0.05) is 41.0 Å². The Balaban J connectivity index is 1.56. The number of nitrogens with one attached hydrogen (secondary N) is 2. The van der Waals surface area contributed by atoms with Crippen molar-refractivity contribution < 1.29 is 14.6 Å². The fraction of sp³-hybridized carbons (Fsp3) is 0.400. The van der Waals surface area contributed by atoms with E-state index in [1.807, 2.05) is 23.6 Å². The summed E-state index contributed by atoms with van der Waals surface area (Å²) in [7, 11) is 1.66. The van der Waals surface area contributed by atoms with Crippen LogP contribution < -0.4 is 15.6 Å². The van der Waals surface area contributed by atoms with Gasteiger partial charge in [0.2, 0.25) is 0 Å². The van der Waals surface area contributed by atoms with Gasteiger partial charge in [-0.15, -0.1) is 11.3 Å². The van der Waals surface area contributed by atoms with E-state index in [9.17, 15) is 9.59 Å². The summed E-state index contributed by atoms with van der Waals surface area (Å²) < 4.78 is 6.34. The molecule has 4 rings (SSSR count). The van der Waals surface area contributed by atoms with Gasteiger partial charge in [-0.3, -0.25) is 4.79 Å². The number of amides is 1. The first-order chi connectivity index (χ1) is 13.6. The molecule has 1 aromatic carbocycles. The maximum Gasteiger partial charge on any atom is 0.407 e. The minimum atomic E-state index is -0.840. The smallest absolute Gasteiger partial charge is 0.407 e. The first-order valence-corrected chi connectivity index (χ1v) is 10.3. The van der Waals surface area contributed by atoms with Crippen LogP contribution in [-0.2, 0) is 6.42 Å². The molecule has 0 bridgehead atoms. The van der Waals surface area contributed by atoms with Crippen molar-refractivity contribution in [2.75, 3.05) is 26.7 Å². The van der Waals surface area contributed by atoms with Crippen LogP contribution in [-0.4, -0.2) is 53.9 Å². The number of carboxylic acid groups (broad SMARTS) is 1. The molecule has 0 radical (unpaired) electrons. The summed E-state index contributed by atoms with van der Waals surface area (Å²) in [6.07, 6.45) is 1.56. The van der Waals surface area contributed by atoms with Crippen LogP contribution in [0.25, 0.3) is 21.0 Å². The Morgan fingerprint density at radius 1 is 1.36 bits per heavy atom. The summed E-state index contributed by atoms with van der Waals surface area (Å²) in [6.45, 7) is 1.90. The molecule has 1 aliphatic rings. The number of ether oxygens (including phenoxy) is 1. The van der Waals surface area contributed by atoms with Crippen molar-refractivity contribution in [3.05, 3.63) is 39.5 Å². The van der Waals surface area contributed by atoms with Gasteiger partial charge in [-0.05, 0) is 49.4 Å². The normalized spacial score (nSPS) is 15.4. The minimum Gasteiger partial charge on any atom is -0.496 e. The third kappa shape index (κ3) is 3.45. The molecule has 1 aliphatic heterocycles. The lowest BCUT2D eigenvalue weighted by molar-refractivity contribution is 0.129. The molecule has 28 heavy (non-hydrogen) atoms. The molecular formula is C20H23N3O4S. The fourth-order valence-electron chi connectivity index (χ4n) is 4.02. The highest BCUT2D eigenvalue weighted by molar-refractivity contribution is 7.17. The van der Waals surface area contributed by atoms with Gasteiger partial charge in [0.1, 0.15) is 10.4 Å². The summed E-state index contributed by atoms with van der Waals surface area (Å²) >= 11 is 1.45. The van der Waals surface area contributed by atoms with Crippen molar-refractivity contribution >= 4 is 38.4 Å². The van der Waals surface area contributed by atoms with Gasteiger partial charge in [0.15, 0.2) is 0 Å². The predicted molar refractivity (Wildman–Crippen MR) is 111 cm³/mol. The lowest BCUT2D eigenvalue weighted by Crippen LogP contribution is -2.44. The van der Waals surface area contributed by atoms with E-state index < -0.39 is 6.09 Å². The number of hydrogen-bond acceptors (Lipinski definition) is 5.